The highest BCUT2D eigenvalue weighted by Crippen LogP contribution is 2.28. The summed E-state index contributed by atoms with van der Waals surface area (Å²) in [6.07, 6.45) is 0. The van der Waals surface area contributed by atoms with Crippen molar-refractivity contribution in [3.05, 3.63) is 64.3 Å². The number of hydrogen-bond donors (Lipinski definition) is 0. The van der Waals surface area contributed by atoms with Crippen molar-refractivity contribution in [2.75, 3.05) is 38.2 Å². The third-order valence-electron chi connectivity index (χ3n) is 4.77. The summed E-state index contributed by atoms with van der Waals surface area (Å²) >= 11 is 1.63. The molecule has 0 N–H and O–H groups in total. The number of para-hydroxylation sites is 2. The molecule has 0 amide bonds. The molecule has 1 fully saturated rings. The fourth-order valence-corrected chi connectivity index (χ4v) is 4.01. The number of benzene rings is 1. The Labute approximate surface area is 162 Å². The molecule has 6 nitrogen and oxygen atoms in total. The van der Waals surface area contributed by atoms with Gasteiger partial charge in [0, 0.05) is 32.2 Å². The zero-order valence-corrected chi connectivity index (χ0v) is 16.1. The first kappa shape index (κ1) is 17.8. The van der Waals surface area contributed by atoms with Crippen LogP contribution in [0.5, 0.6) is 5.75 Å². The highest BCUT2D eigenvalue weighted by Gasteiger charge is 2.20. The molecule has 0 radical (unpaired) electrons. The van der Waals surface area contributed by atoms with Gasteiger partial charge in [-0.1, -0.05) is 18.2 Å². The molecule has 0 bridgehead atoms. The second kappa shape index (κ2) is 7.94. The van der Waals surface area contributed by atoms with Crippen LogP contribution in [0.25, 0.3) is 10.6 Å². The highest BCUT2D eigenvalue weighted by atomic mass is 32.1. The van der Waals surface area contributed by atoms with Crippen LogP contribution in [0.4, 0.5) is 5.69 Å². The monoisotopic (exact) mass is 382 g/mol. The zero-order valence-electron chi connectivity index (χ0n) is 15.2. The molecule has 0 saturated carbocycles. The maximum atomic E-state index is 12.2. The summed E-state index contributed by atoms with van der Waals surface area (Å²) in [7, 11) is 1.70. The van der Waals surface area contributed by atoms with Crippen molar-refractivity contribution < 1.29 is 4.74 Å². The van der Waals surface area contributed by atoms with E-state index in [2.05, 4.69) is 21.0 Å². The minimum absolute atomic E-state index is 0.0672. The predicted molar refractivity (Wildman–Crippen MR) is 109 cm³/mol. The number of nitrogens with zero attached hydrogens (tertiary/aromatic N) is 4. The van der Waals surface area contributed by atoms with Gasteiger partial charge in [-0.2, -0.15) is 5.10 Å². The van der Waals surface area contributed by atoms with Crippen molar-refractivity contribution in [3.63, 3.8) is 0 Å². The van der Waals surface area contributed by atoms with Gasteiger partial charge in [0.15, 0.2) is 0 Å². The Bertz CT molecular complexity index is 947. The summed E-state index contributed by atoms with van der Waals surface area (Å²) in [5.41, 5.74) is 1.90. The van der Waals surface area contributed by atoms with E-state index in [0.29, 0.717) is 6.67 Å². The van der Waals surface area contributed by atoms with Crippen molar-refractivity contribution in [1.82, 2.24) is 14.7 Å². The lowest BCUT2D eigenvalue weighted by Crippen LogP contribution is -2.48. The van der Waals surface area contributed by atoms with E-state index in [-0.39, 0.29) is 5.56 Å². The smallest absolute Gasteiger partial charge is 0.268 e. The Morgan fingerprint density at radius 2 is 1.85 bits per heavy atom. The molecule has 1 saturated heterocycles. The van der Waals surface area contributed by atoms with Crippen molar-refractivity contribution in [1.29, 1.82) is 0 Å². The van der Waals surface area contributed by atoms with E-state index in [1.165, 1.54) is 0 Å². The van der Waals surface area contributed by atoms with E-state index >= 15 is 0 Å². The standard InChI is InChI=1S/C20H22N4O2S/c1-26-18-6-3-2-5-17(18)23-12-10-22(11-13-23)15-24-20(25)9-8-16(21-24)19-7-4-14-27-19/h2-9,14H,10-13,15H2,1H3. The molecule has 2 aromatic heterocycles. The average molecular weight is 382 g/mol. The summed E-state index contributed by atoms with van der Waals surface area (Å²) in [5.74, 6) is 0.896. The Hall–Kier alpha value is -2.64. The molecule has 7 heteroatoms. The van der Waals surface area contributed by atoms with Gasteiger partial charge in [-0.05, 0) is 29.6 Å². The van der Waals surface area contributed by atoms with Crippen LogP contribution < -0.4 is 15.2 Å². The molecule has 27 heavy (non-hydrogen) atoms. The molecule has 1 aromatic carbocycles. The molecule has 140 valence electrons. The minimum atomic E-state index is -0.0672. The molecule has 0 aliphatic carbocycles. The van der Waals surface area contributed by atoms with Gasteiger partial charge in [0.1, 0.15) is 11.4 Å². The molecule has 1 aliphatic heterocycles. The summed E-state index contributed by atoms with van der Waals surface area (Å²) in [6.45, 7) is 4.03. The molecule has 3 heterocycles. The lowest BCUT2D eigenvalue weighted by Gasteiger charge is -2.36. The van der Waals surface area contributed by atoms with Gasteiger partial charge in [0.25, 0.3) is 5.56 Å². The van der Waals surface area contributed by atoms with Crippen LogP contribution in [0.15, 0.2) is 58.7 Å². The van der Waals surface area contributed by atoms with Gasteiger partial charge in [-0.3, -0.25) is 9.69 Å². The first-order chi connectivity index (χ1) is 13.2. The van der Waals surface area contributed by atoms with Crippen molar-refractivity contribution >= 4 is 17.0 Å². The number of aromatic nitrogens is 2. The fraction of sp³-hybridized carbons (Fsp3) is 0.300. The minimum Gasteiger partial charge on any atom is -0.495 e. The molecule has 0 spiro atoms. The lowest BCUT2D eigenvalue weighted by atomic mass is 10.2. The molecule has 1 aliphatic rings. The second-order valence-electron chi connectivity index (χ2n) is 6.45. The maximum absolute atomic E-state index is 12.2. The largest absolute Gasteiger partial charge is 0.495 e. The van der Waals surface area contributed by atoms with Crippen LogP contribution >= 0.6 is 11.3 Å². The molecule has 4 rings (SSSR count). The Balaban J connectivity index is 1.44. The van der Waals surface area contributed by atoms with Crippen molar-refractivity contribution in [2.24, 2.45) is 0 Å². The van der Waals surface area contributed by atoms with Gasteiger partial charge in [-0.25, -0.2) is 4.68 Å². The van der Waals surface area contributed by atoms with Gasteiger partial charge < -0.3 is 9.64 Å². The van der Waals surface area contributed by atoms with E-state index in [1.54, 1.807) is 35.3 Å². The maximum Gasteiger partial charge on any atom is 0.268 e. The summed E-state index contributed by atoms with van der Waals surface area (Å²) in [6, 6.07) is 15.5. The predicted octanol–water partition coefficient (Wildman–Crippen LogP) is 2.76. The summed E-state index contributed by atoms with van der Waals surface area (Å²) in [5, 5.41) is 6.57. The Morgan fingerprint density at radius 3 is 2.59 bits per heavy atom. The molecule has 3 aromatic rings. The Kier molecular flexibility index (Phi) is 5.22. The molecular formula is C20H22N4O2S. The lowest BCUT2D eigenvalue weighted by molar-refractivity contribution is 0.191. The molecule has 0 unspecified atom stereocenters. The van der Waals surface area contributed by atoms with E-state index in [0.717, 1.165) is 48.2 Å². The number of thiophene rings is 1. The number of piperazine rings is 1. The number of rotatable bonds is 5. The number of hydrogen-bond acceptors (Lipinski definition) is 6. The summed E-state index contributed by atoms with van der Waals surface area (Å²) in [4.78, 5) is 17.9. The summed E-state index contributed by atoms with van der Waals surface area (Å²) < 4.78 is 7.04. The van der Waals surface area contributed by atoms with Crippen LogP contribution in [0.1, 0.15) is 0 Å². The van der Waals surface area contributed by atoms with Crippen LogP contribution in [-0.4, -0.2) is 48.0 Å². The van der Waals surface area contributed by atoms with Gasteiger partial charge in [0.2, 0.25) is 0 Å². The van der Waals surface area contributed by atoms with E-state index in [4.69, 9.17) is 4.74 Å². The third-order valence-corrected chi connectivity index (χ3v) is 5.66. The van der Waals surface area contributed by atoms with E-state index in [1.807, 2.05) is 35.7 Å². The SMILES string of the molecule is COc1ccccc1N1CCN(Cn2nc(-c3cccs3)ccc2=O)CC1. The topological polar surface area (TPSA) is 50.6 Å². The van der Waals surface area contributed by atoms with Crippen LogP contribution in [0.2, 0.25) is 0 Å². The Morgan fingerprint density at radius 1 is 1.04 bits per heavy atom. The third kappa shape index (κ3) is 3.89. The fourth-order valence-electron chi connectivity index (χ4n) is 3.32. The number of ether oxygens (including phenoxy) is 1. The molecule has 0 atom stereocenters. The number of methoxy groups -OCH3 is 1. The zero-order chi connectivity index (χ0) is 18.6. The average Bonchev–Trinajstić information content (AvgIpc) is 3.25. The highest BCUT2D eigenvalue weighted by molar-refractivity contribution is 7.13. The first-order valence-corrected chi connectivity index (χ1v) is 9.85. The van der Waals surface area contributed by atoms with Gasteiger partial charge in [-0.15, -0.1) is 11.3 Å². The van der Waals surface area contributed by atoms with Crippen LogP contribution in [0.3, 0.4) is 0 Å². The number of anilines is 1. The van der Waals surface area contributed by atoms with Crippen molar-refractivity contribution in [2.45, 2.75) is 6.67 Å². The quantitative estimate of drug-likeness (QED) is 0.679. The van der Waals surface area contributed by atoms with Crippen LogP contribution in [-0.2, 0) is 6.67 Å². The second-order valence-corrected chi connectivity index (χ2v) is 7.40. The van der Waals surface area contributed by atoms with Crippen LogP contribution in [0, 0.1) is 0 Å². The van der Waals surface area contributed by atoms with Crippen molar-refractivity contribution in [3.8, 4) is 16.3 Å². The normalized spacial score (nSPS) is 15.1. The van der Waals surface area contributed by atoms with Gasteiger partial charge >= 0.3 is 0 Å². The van der Waals surface area contributed by atoms with E-state index < -0.39 is 0 Å². The van der Waals surface area contributed by atoms with Gasteiger partial charge in [0.05, 0.1) is 24.3 Å². The first-order valence-electron chi connectivity index (χ1n) is 8.97. The molecular weight excluding hydrogens is 360 g/mol. The van der Waals surface area contributed by atoms with E-state index in [9.17, 15) is 4.79 Å².